The minimum Gasteiger partial charge on any atom is -0.368 e. The van der Waals surface area contributed by atoms with E-state index in [-0.39, 0.29) is 0 Å². The van der Waals surface area contributed by atoms with Gasteiger partial charge in [-0.1, -0.05) is 13.3 Å². The molecule has 14 heavy (non-hydrogen) atoms. The van der Waals surface area contributed by atoms with Crippen LogP contribution in [0, 0.1) is 5.92 Å². The fraction of sp³-hybridized carbons (Fsp3) is 0.600. The lowest BCUT2D eigenvalue weighted by atomic mass is 10.1. The average molecular weight is 192 g/mol. The molecule has 1 aliphatic rings. The molecule has 2 atom stereocenters. The fourth-order valence-corrected chi connectivity index (χ4v) is 2.00. The summed E-state index contributed by atoms with van der Waals surface area (Å²) in [6, 6.07) is 2.41. The predicted octanol–water partition coefficient (Wildman–Crippen LogP) is 1.66. The quantitative estimate of drug-likeness (QED) is 0.748. The summed E-state index contributed by atoms with van der Waals surface area (Å²) in [7, 11) is 0. The standard InChI is InChI=1S/C10H16N4/c1-7-3-2-4-8(7)13-9-5-6-12-10(11)14-9/h5-8H,2-4H2,1H3,(H3,11,12,13,14). The van der Waals surface area contributed by atoms with E-state index in [1.54, 1.807) is 6.20 Å². The largest absolute Gasteiger partial charge is 0.368 e. The van der Waals surface area contributed by atoms with E-state index in [0.717, 1.165) is 11.7 Å². The first kappa shape index (κ1) is 9.24. The van der Waals surface area contributed by atoms with E-state index >= 15 is 0 Å². The van der Waals surface area contributed by atoms with E-state index in [1.807, 2.05) is 6.07 Å². The second-order valence-electron chi connectivity index (χ2n) is 3.96. The van der Waals surface area contributed by atoms with Crippen LogP contribution in [0.15, 0.2) is 12.3 Å². The number of nitrogens with zero attached hydrogens (tertiary/aromatic N) is 2. The van der Waals surface area contributed by atoms with Crippen LogP contribution in [-0.4, -0.2) is 16.0 Å². The number of hydrogen-bond acceptors (Lipinski definition) is 4. The van der Waals surface area contributed by atoms with E-state index in [2.05, 4.69) is 22.2 Å². The van der Waals surface area contributed by atoms with Gasteiger partial charge in [-0.05, 0) is 24.8 Å². The maximum absolute atomic E-state index is 5.51. The molecule has 1 aromatic rings. The predicted molar refractivity (Wildman–Crippen MR) is 56.9 cm³/mol. The molecule has 76 valence electrons. The monoisotopic (exact) mass is 192 g/mol. The highest BCUT2D eigenvalue weighted by atomic mass is 15.1. The van der Waals surface area contributed by atoms with Crippen LogP contribution >= 0.6 is 0 Å². The van der Waals surface area contributed by atoms with Crippen molar-refractivity contribution in [2.45, 2.75) is 32.2 Å². The number of aromatic nitrogens is 2. The van der Waals surface area contributed by atoms with Crippen LogP contribution in [0.1, 0.15) is 26.2 Å². The molecule has 1 fully saturated rings. The zero-order valence-corrected chi connectivity index (χ0v) is 8.40. The highest BCUT2D eigenvalue weighted by Crippen LogP contribution is 2.27. The van der Waals surface area contributed by atoms with Crippen molar-refractivity contribution in [2.24, 2.45) is 5.92 Å². The summed E-state index contributed by atoms with van der Waals surface area (Å²) in [6.07, 6.45) is 5.52. The number of hydrogen-bond donors (Lipinski definition) is 2. The molecule has 3 N–H and O–H groups in total. The van der Waals surface area contributed by atoms with Crippen LogP contribution in [0.5, 0.6) is 0 Å². The summed E-state index contributed by atoms with van der Waals surface area (Å²) >= 11 is 0. The van der Waals surface area contributed by atoms with Gasteiger partial charge in [-0.15, -0.1) is 0 Å². The third kappa shape index (κ3) is 1.95. The zero-order valence-electron chi connectivity index (χ0n) is 8.40. The highest BCUT2D eigenvalue weighted by Gasteiger charge is 2.23. The maximum atomic E-state index is 5.51. The molecule has 4 heteroatoms. The first-order chi connectivity index (χ1) is 6.75. The third-order valence-electron chi connectivity index (χ3n) is 2.87. The Morgan fingerprint density at radius 2 is 2.36 bits per heavy atom. The first-order valence-corrected chi connectivity index (χ1v) is 5.11. The van der Waals surface area contributed by atoms with Gasteiger partial charge in [0, 0.05) is 12.2 Å². The number of nitrogens with one attached hydrogen (secondary N) is 1. The SMILES string of the molecule is CC1CCCC1Nc1ccnc(N)n1. The first-order valence-electron chi connectivity index (χ1n) is 5.11. The highest BCUT2D eigenvalue weighted by molar-refractivity contribution is 5.38. The van der Waals surface area contributed by atoms with Crippen LogP contribution in [-0.2, 0) is 0 Å². The second-order valence-corrected chi connectivity index (χ2v) is 3.96. The van der Waals surface area contributed by atoms with Gasteiger partial charge in [0.15, 0.2) is 0 Å². The number of nitrogen functional groups attached to an aromatic ring is 1. The van der Waals surface area contributed by atoms with Gasteiger partial charge >= 0.3 is 0 Å². The van der Waals surface area contributed by atoms with Crippen LogP contribution in [0.4, 0.5) is 11.8 Å². The fourth-order valence-electron chi connectivity index (χ4n) is 2.00. The summed E-state index contributed by atoms with van der Waals surface area (Å²) < 4.78 is 0. The van der Waals surface area contributed by atoms with Gasteiger partial charge in [0.2, 0.25) is 5.95 Å². The molecule has 0 aromatic carbocycles. The van der Waals surface area contributed by atoms with Crippen LogP contribution < -0.4 is 11.1 Å². The number of anilines is 2. The Balaban J connectivity index is 2.03. The van der Waals surface area contributed by atoms with Gasteiger partial charge in [-0.2, -0.15) is 4.98 Å². The zero-order chi connectivity index (χ0) is 9.97. The molecule has 0 bridgehead atoms. The molecule has 2 unspecified atom stereocenters. The van der Waals surface area contributed by atoms with E-state index in [1.165, 1.54) is 19.3 Å². The number of nitrogens with two attached hydrogens (primary N) is 1. The van der Waals surface area contributed by atoms with Crippen molar-refractivity contribution >= 4 is 11.8 Å². The Labute approximate surface area is 83.9 Å². The van der Waals surface area contributed by atoms with E-state index in [0.29, 0.717) is 12.0 Å². The van der Waals surface area contributed by atoms with Crippen LogP contribution in [0.3, 0.4) is 0 Å². The molecule has 0 saturated heterocycles. The summed E-state index contributed by atoms with van der Waals surface area (Å²) in [5.41, 5.74) is 5.51. The van der Waals surface area contributed by atoms with E-state index < -0.39 is 0 Å². The summed E-state index contributed by atoms with van der Waals surface area (Å²) in [5, 5.41) is 3.40. The van der Waals surface area contributed by atoms with E-state index in [9.17, 15) is 0 Å². The molecule has 1 aromatic heterocycles. The molecule has 0 aliphatic heterocycles. The Kier molecular flexibility index (Phi) is 2.52. The normalized spacial score (nSPS) is 26.4. The molecule has 2 rings (SSSR count). The topological polar surface area (TPSA) is 63.8 Å². The molecular weight excluding hydrogens is 176 g/mol. The Morgan fingerprint density at radius 1 is 1.50 bits per heavy atom. The molecule has 1 heterocycles. The smallest absolute Gasteiger partial charge is 0.221 e. The minimum absolute atomic E-state index is 0.334. The van der Waals surface area contributed by atoms with Crippen molar-refractivity contribution in [2.75, 3.05) is 11.1 Å². The van der Waals surface area contributed by atoms with Gasteiger partial charge in [0.1, 0.15) is 5.82 Å². The van der Waals surface area contributed by atoms with Gasteiger partial charge in [-0.25, -0.2) is 4.98 Å². The second kappa shape index (κ2) is 3.82. The minimum atomic E-state index is 0.334. The maximum Gasteiger partial charge on any atom is 0.221 e. The van der Waals surface area contributed by atoms with E-state index in [4.69, 9.17) is 5.73 Å². The van der Waals surface area contributed by atoms with Gasteiger partial charge in [0.25, 0.3) is 0 Å². The van der Waals surface area contributed by atoms with Crippen LogP contribution in [0.25, 0.3) is 0 Å². The molecule has 0 amide bonds. The van der Waals surface area contributed by atoms with Gasteiger partial charge in [0.05, 0.1) is 0 Å². The Bertz CT molecular complexity index is 313. The third-order valence-corrected chi connectivity index (χ3v) is 2.87. The lowest BCUT2D eigenvalue weighted by molar-refractivity contribution is 0.555. The van der Waals surface area contributed by atoms with Crippen molar-refractivity contribution in [3.05, 3.63) is 12.3 Å². The lowest BCUT2D eigenvalue weighted by Gasteiger charge is -2.17. The summed E-state index contributed by atoms with van der Waals surface area (Å²) in [5.74, 6) is 1.91. The number of rotatable bonds is 2. The molecule has 1 aliphatic carbocycles. The summed E-state index contributed by atoms with van der Waals surface area (Å²) in [4.78, 5) is 7.99. The van der Waals surface area contributed by atoms with Crippen LogP contribution in [0.2, 0.25) is 0 Å². The van der Waals surface area contributed by atoms with Gasteiger partial charge < -0.3 is 11.1 Å². The Morgan fingerprint density at radius 3 is 3.00 bits per heavy atom. The van der Waals surface area contributed by atoms with Crippen molar-refractivity contribution < 1.29 is 0 Å². The molecule has 0 radical (unpaired) electrons. The van der Waals surface area contributed by atoms with Gasteiger partial charge in [-0.3, -0.25) is 0 Å². The van der Waals surface area contributed by atoms with Crippen molar-refractivity contribution in [1.29, 1.82) is 0 Å². The molecule has 4 nitrogen and oxygen atoms in total. The van der Waals surface area contributed by atoms with Crippen molar-refractivity contribution in [3.8, 4) is 0 Å². The Hall–Kier alpha value is -1.32. The lowest BCUT2D eigenvalue weighted by Crippen LogP contribution is -2.22. The molecular formula is C10H16N4. The molecule has 1 saturated carbocycles. The molecule has 0 spiro atoms. The van der Waals surface area contributed by atoms with Crippen molar-refractivity contribution in [3.63, 3.8) is 0 Å². The summed E-state index contributed by atoms with van der Waals surface area (Å²) in [6.45, 7) is 2.27. The average Bonchev–Trinajstić information content (AvgIpc) is 2.52. The van der Waals surface area contributed by atoms with Crippen molar-refractivity contribution in [1.82, 2.24) is 9.97 Å².